The van der Waals surface area contributed by atoms with Crippen LogP contribution >= 0.6 is 11.8 Å². The van der Waals surface area contributed by atoms with Gasteiger partial charge in [0.25, 0.3) is 0 Å². The van der Waals surface area contributed by atoms with Gasteiger partial charge in [-0.1, -0.05) is 48.5 Å². The fourth-order valence-electron chi connectivity index (χ4n) is 3.70. The molecule has 1 amide bonds. The molecule has 1 aromatic heterocycles. The van der Waals surface area contributed by atoms with Gasteiger partial charge in [0, 0.05) is 12.1 Å². The topological polar surface area (TPSA) is 81.1 Å². The van der Waals surface area contributed by atoms with E-state index in [4.69, 9.17) is 4.74 Å². The summed E-state index contributed by atoms with van der Waals surface area (Å²) in [5, 5.41) is 12.0. The smallest absolute Gasteiger partial charge is 0.240 e. The molecule has 7 nitrogen and oxygen atoms in total. The molecule has 31 heavy (non-hydrogen) atoms. The number of fused-ring (bicyclic) bond motifs is 1. The minimum Gasteiger partial charge on any atom is -0.497 e. The number of carbonyl (C=O) groups is 1. The molecule has 2 heterocycles. The van der Waals surface area contributed by atoms with Crippen molar-refractivity contribution in [3.8, 4) is 5.75 Å². The van der Waals surface area contributed by atoms with E-state index in [9.17, 15) is 4.79 Å². The average Bonchev–Trinajstić information content (AvgIpc) is 3.17. The van der Waals surface area contributed by atoms with Crippen LogP contribution in [0.5, 0.6) is 5.75 Å². The Balaban J connectivity index is 1.67. The zero-order valence-electron chi connectivity index (χ0n) is 18.2. The second-order valence-corrected chi connectivity index (χ2v) is 8.82. The van der Waals surface area contributed by atoms with Crippen molar-refractivity contribution in [2.75, 3.05) is 17.9 Å². The molecule has 2 atom stereocenters. The van der Waals surface area contributed by atoms with E-state index in [-0.39, 0.29) is 11.9 Å². The third kappa shape index (κ3) is 4.39. The van der Waals surface area contributed by atoms with E-state index in [1.54, 1.807) is 7.11 Å². The lowest BCUT2D eigenvalue weighted by Gasteiger charge is -2.33. The lowest BCUT2D eigenvalue weighted by molar-refractivity contribution is -0.116. The highest BCUT2D eigenvalue weighted by atomic mass is 32.2. The molecule has 1 aliphatic heterocycles. The fourth-order valence-corrected chi connectivity index (χ4v) is 4.80. The van der Waals surface area contributed by atoms with E-state index in [2.05, 4.69) is 33.9 Å². The molecule has 0 aliphatic carbocycles. The first-order chi connectivity index (χ1) is 15.0. The van der Waals surface area contributed by atoms with Crippen LogP contribution in [0.3, 0.4) is 0 Å². The van der Waals surface area contributed by atoms with Crippen molar-refractivity contribution in [1.29, 1.82) is 0 Å². The van der Waals surface area contributed by atoms with Gasteiger partial charge in [-0.15, -0.1) is 10.2 Å². The lowest BCUT2D eigenvalue weighted by atomic mass is 10.0. The fraction of sp³-hybridized carbons (Fsp3) is 0.348. The van der Waals surface area contributed by atoms with Crippen LogP contribution in [0.1, 0.15) is 41.9 Å². The van der Waals surface area contributed by atoms with Crippen molar-refractivity contribution in [1.82, 2.24) is 14.9 Å². The molecule has 0 spiro atoms. The highest BCUT2D eigenvalue weighted by Crippen LogP contribution is 2.38. The Hall–Kier alpha value is -3.00. The summed E-state index contributed by atoms with van der Waals surface area (Å²) in [6.07, 6.45) is 1.78. The maximum absolute atomic E-state index is 13.4. The summed E-state index contributed by atoms with van der Waals surface area (Å²) in [6, 6.07) is 13.6. The molecule has 0 radical (unpaired) electrons. The molecule has 162 valence electrons. The van der Waals surface area contributed by atoms with Gasteiger partial charge in [0.15, 0.2) is 5.82 Å². The molecule has 8 heteroatoms. The highest BCUT2D eigenvalue weighted by Gasteiger charge is 2.37. The first-order valence-corrected chi connectivity index (χ1v) is 11.3. The van der Waals surface area contributed by atoms with Gasteiger partial charge in [0.1, 0.15) is 11.0 Å². The summed E-state index contributed by atoms with van der Waals surface area (Å²) in [5.41, 5.74) is 7.51. The van der Waals surface area contributed by atoms with E-state index in [0.29, 0.717) is 5.16 Å². The molecule has 0 saturated heterocycles. The maximum atomic E-state index is 13.4. The molecule has 1 aliphatic rings. The molecular formula is C23H27N5O2S. The largest absolute Gasteiger partial charge is 0.497 e. The van der Waals surface area contributed by atoms with Crippen molar-refractivity contribution < 1.29 is 9.53 Å². The van der Waals surface area contributed by atoms with Crippen molar-refractivity contribution >= 4 is 23.4 Å². The number of ether oxygens (including phenoxy) is 1. The van der Waals surface area contributed by atoms with Gasteiger partial charge >= 0.3 is 0 Å². The number of aromatic nitrogens is 3. The molecule has 0 bridgehead atoms. The SMILES string of the molecule is CCCc1nnc2n1NC(c1ccc(OC)cc1)C(C(=O)Nc1ccc(C)cc1C)S2. The molecular weight excluding hydrogens is 410 g/mol. The van der Waals surface area contributed by atoms with Gasteiger partial charge in [-0.05, 0) is 49.6 Å². The Morgan fingerprint density at radius 1 is 1.19 bits per heavy atom. The number of rotatable bonds is 6. The Morgan fingerprint density at radius 2 is 1.97 bits per heavy atom. The minimum absolute atomic E-state index is 0.0726. The van der Waals surface area contributed by atoms with E-state index in [0.717, 1.165) is 46.8 Å². The Bertz CT molecular complexity index is 1080. The monoisotopic (exact) mass is 437 g/mol. The van der Waals surface area contributed by atoms with Crippen LogP contribution in [-0.4, -0.2) is 33.1 Å². The van der Waals surface area contributed by atoms with Crippen molar-refractivity contribution in [2.45, 2.75) is 50.1 Å². The molecule has 2 aromatic carbocycles. The first-order valence-electron chi connectivity index (χ1n) is 10.4. The molecule has 4 rings (SSSR count). The maximum Gasteiger partial charge on any atom is 0.240 e. The third-order valence-electron chi connectivity index (χ3n) is 5.35. The summed E-state index contributed by atoms with van der Waals surface area (Å²) in [6.45, 7) is 6.15. The normalized spacial score (nSPS) is 17.5. The summed E-state index contributed by atoms with van der Waals surface area (Å²) in [4.78, 5) is 13.4. The standard InChI is InChI=1S/C23H27N5O2S/c1-5-6-19-25-26-23-28(19)27-20(16-8-10-17(30-4)11-9-16)21(31-23)22(29)24-18-12-7-14(2)13-15(18)3/h7-13,20-21,27H,5-6H2,1-4H3,(H,24,29). The van der Waals surface area contributed by atoms with E-state index >= 15 is 0 Å². The molecule has 0 fully saturated rings. The summed E-state index contributed by atoms with van der Waals surface area (Å²) in [7, 11) is 1.64. The van der Waals surface area contributed by atoms with E-state index < -0.39 is 5.25 Å². The van der Waals surface area contributed by atoms with Crippen LogP contribution in [0, 0.1) is 13.8 Å². The number of amides is 1. The number of hydrogen-bond donors (Lipinski definition) is 2. The van der Waals surface area contributed by atoms with Crippen LogP contribution < -0.4 is 15.5 Å². The number of methoxy groups -OCH3 is 1. The van der Waals surface area contributed by atoms with Crippen LogP contribution in [0.15, 0.2) is 47.6 Å². The van der Waals surface area contributed by atoms with Gasteiger partial charge in [-0.2, -0.15) is 0 Å². The van der Waals surface area contributed by atoms with Crippen LogP contribution in [0.2, 0.25) is 0 Å². The van der Waals surface area contributed by atoms with E-state index in [1.165, 1.54) is 11.8 Å². The molecule has 0 saturated carbocycles. The number of aryl methyl sites for hydroxylation is 3. The van der Waals surface area contributed by atoms with Gasteiger partial charge in [-0.3, -0.25) is 4.79 Å². The van der Waals surface area contributed by atoms with Crippen LogP contribution in [-0.2, 0) is 11.2 Å². The number of carbonyl (C=O) groups excluding carboxylic acids is 1. The van der Waals surface area contributed by atoms with Crippen LogP contribution in [0.25, 0.3) is 0 Å². The Labute approximate surface area is 186 Å². The summed E-state index contributed by atoms with van der Waals surface area (Å²) < 4.78 is 7.22. The zero-order chi connectivity index (χ0) is 22.0. The van der Waals surface area contributed by atoms with Gasteiger partial charge < -0.3 is 15.5 Å². The number of nitrogens with zero attached hydrogens (tertiary/aromatic N) is 3. The molecule has 3 aromatic rings. The summed E-state index contributed by atoms with van der Waals surface area (Å²) >= 11 is 1.44. The van der Waals surface area contributed by atoms with E-state index in [1.807, 2.05) is 54.9 Å². The van der Waals surface area contributed by atoms with Crippen molar-refractivity contribution in [2.24, 2.45) is 0 Å². The van der Waals surface area contributed by atoms with Crippen molar-refractivity contribution in [3.05, 3.63) is 65.0 Å². The molecule has 2 N–H and O–H groups in total. The zero-order valence-corrected chi connectivity index (χ0v) is 19.0. The number of anilines is 1. The van der Waals surface area contributed by atoms with Gasteiger partial charge in [0.2, 0.25) is 11.1 Å². The molecule has 2 unspecified atom stereocenters. The minimum atomic E-state index is -0.416. The summed E-state index contributed by atoms with van der Waals surface area (Å²) in [5.74, 6) is 1.58. The Morgan fingerprint density at radius 3 is 2.65 bits per heavy atom. The predicted molar refractivity (Wildman–Crippen MR) is 123 cm³/mol. The first kappa shape index (κ1) is 21.2. The quantitative estimate of drug-likeness (QED) is 0.600. The lowest BCUT2D eigenvalue weighted by Crippen LogP contribution is -2.41. The number of hydrogen-bond acceptors (Lipinski definition) is 6. The number of benzene rings is 2. The average molecular weight is 438 g/mol. The number of thioether (sulfide) groups is 1. The second-order valence-electron chi connectivity index (χ2n) is 7.71. The number of nitrogens with one attached hydrogen (secondary N) is 2. The van der Waals surface area contributed by atoms with Crippen molar-refractivity contribution in [3.63, 3.8) is 0 Å². The predicted octanol–water partition coefficient (Wildman–Crippen LogP) is 4.25. The third-order valence-corrected chi connectivity index (χ3v) is 6.57. The second kappa shape index (κ2) is 9.01. The van der Waals surface area contributed by atoms with Gasteiger partial charge in [-0.25, -0.2) is 4.68 Å². The van der Waals surface area contributed by atoms with Gasteiger partial charge in [0.05, 0.1) is 13.2 Å². The highest BCUT2D eigenvalue weighted by molar-refractivity contribution is 8.00. The Kier molecular flexibility index (Phi) is 6.18. The van der Waals surface area contributed by atoms with Crippen LogP contribution in [0.4, 0.5) is 5.69 Å².